The molecule has 24 heavy (non-hydrogen) atoms. The molecule has 0 bridgehead atoms. The second-order valence-corrected chi connectivity index (χ2v) is 6.03. The monoisotopic (exact) mass is 369 g/mol. The number of ether oxygens (including phenoxy) is 2. The van der Waals surface area contributed by atoms with Crippen molar-refractivity contribution in [2.45, 2.75) is 19.3 Å². The molecule has 2 aromatic rings. The minimum Gasteiger partial charge on any atom is -0.494 e. The number of halogens is 1. The number of hydrogen-bond donors (Lipinski definition) is 1. The summed E-state index contributed by atoms with van der Waals surface area (Å²) in [5, 5.41) is 11.1. The first-order valence-electron chi connectivity index (χ1n) is 7.30. The van der Waals surface area contributed by atoms with Crippen LogP contribution in [0.15, 0.2) is 29.6 Å². The van der Waals surface area contributed by atoms with Crippen molar-refractivity contribution in [3.63, 3.8) is 0 Å². The molecule has 8 heteroatoms. The Morgan fingerprint density at radius 3 is 2.71 bits per heavy atom. The number of carbonyl (C=O) groups excluding carboxylic acids is 1. The lowest BCUT2D eigenvalue weighted by molar-refractivity contribution is 0.0691. The minimum absolute atomic E-state index is 0.0407. The van der Waals surface area contributed by atoms with Crippen LogP contribution in [0.2, 0.25) is 0 Å². The number of carboxylic acid groups (broad SMARTS) is 1. The SMILES string of the molecule is O=C(Cl)OCCCCCOc1cccc(-c2nc(C(=O)O)cs2)c1. The van der Waals surface area contributed by atoms with E-state index in [-0.39, 0.29) is 5.69 Å². The summed E-state index contributed by atoms with van der Waals surface area (Å²) in [5.74, 6) is -0.337. The summed E-state index contributed by atoms with van der Waals surface area (Å²) >= 11 is 6.34. The molecule has 128 valence electrons. The Balaban J connectivity index is 1.80. The van der Waals surface area contributed by atoms with E-state index in [0.29, 0.717) is 24.0 Å². The van der Waals surface area contributed by atoms with Crippen LogP contribution in [-0.2, 0) is 4.74 Å². The normalized spacial score (nSPS) is 10.4. The quantitative estimate of drug-likeness (QED) is 0.519. The Hall–Kier alpha value is -2.12. The molecule has 0 aliphatic heterocycles. The van der Waals surface area contributed by atoms with Gasteiger partial charge in [0.1, 0.15) is 10.8 Å². The van der Waals surface area contributed by atoms with E-state index in [1.54, 1.807) is 0 Å². The summed E-state index contributed by atoms with van der Waals surface area (Å²) in [6, 6.07) is 7.37. The van der Waals surface area contributed by atoms with Crippen molar-refractivity contribution < 1.29 is 24.2 Å². The Morgan fingerprint density at radius 2 is 2.00 bits per heavy atom. The lowest BCUT2D eigenvalue weighted by Gasteiger charge is -2.07. The molecule has 2 rings (SSSR count). The highest BCUT2D eigenvalue weighted by Crippen LogP contribution is 2.27. The lowest BCUT2D eigenvalue weighted by atomic mass is 10.2. The topological polar surface area (TPSA) is 85.7 Å². The van der Waals surface area contributed by atoms with Crippen LogP contribution >= 0.6 is 22.9 Å². The highest BCUT2D eigenvalue weighted by Gasteiger charge is 2.10. The van der Waals surface area contributed by atoms with E-state index >= 15 is 0 Å². The van der Waals surface area contributed by atoms with E-state index in [1.165, 1.54) is 16.7 Å². The van der Waals surface area contributed by atoms with Crippen LogP contribution < -0.4 is 4.74 Å². The molecule has 0 aliphatic carbocycles. The number of benzene rings is 1. The predicted octanol–water partition coefficient (Wildman–Crippen LogP) is 4.43. The lowest BCUT2D eigenvalue weighted by Crippen LogP contribution is -2.00. The zero-order chi connectivity index (χ0) is 17.4. The van der Waals surface area contributed by atoms with E-state index in [1.807, 2.05) is 24.3 Å². The maximum atomic E-state index is 10.9. The first kappa shape index (κ1) is 18.2. The molecule has 6 nitrogen and oxygen atoms in total. The molecule has 0 aliphatic rings. The van der Waals surface area contributed by atoms with Crippen LogP contribution in [-0.4, -0.2) is 34.7 Å². The molecule has 0 saturated carbocycles. The molecule has 0 fully saturated rings. The van der Waals surface area contributed by atoms with Crippen molar-refractivity contribution in [1.82, 2.24) is 4.98 Å². The second kappa shape index (κ2) is 9.24. The van der Waals surface area contributed by atoms with Gasteiger partial charge in [-0.25, -0.2) is 14.6 Å². The number of thiazole rings is 1. The number of unbranched alkanes of at least 4 members (excludes halogenated alkanes) is 2. The highest BCUT2D eigenvalue weighted by atomic mass is 35.5. The van der Waals surface area contributed by atoms with Gasteiger partial charge >= 0.3 is 11.4 Å². The van der Waals surface area contributed by atoms with Crippen molar-refractivity contribution in [2.75, 3.05) is 13.2 Å². The first-order valence-corrected chi connectivity index (χ1v) is 8.56. The molecular weight excluding hydrogens is 354 g/mol. The Kier molecular flexibility index (Phi) is 7.02. The van der Waals surface area contributed by atoms with Gasteiger partial charge in [0, 0.05) is 22.5 Å². The average molecular weight is 370 g/mol. The fraction of sp³-hybridized carbons (Fsp3) is 0.312. The first-order chi connectivity index (χ1) is 11.6. The minimum atomic E-state index is -1.04. The van der Waals surface area contributed by atoms with Gasteiger partial charge < -0.3 is 14.6 Å². The predicted molar refractivity (Wildman–Crippen MR) is 91.1 cm³/mol. The van der Waals surface area contributed by atoms with E-state index in [4.69, 9.17) is 21.4 Å². The zero-order valence-corrected chi connectivity index (χ0v) is 14.3. The summed E-state index contributed by atoms with van der Waals surface area (Å²) in [6.45, 7) is 0.851. The molecule has 0 saturated heterocycles. The van der Waals surface area contributed by atoms with Crippen LogP contribution in [0.4, 0.5) is 4.79 Å². The summed E-state index contributed by atoms with van der Waals surface area (Å²) < 4.78 is 10.3. The Bertz CT molecular complexity index is 703. The number of rotatable bonds is 9. The van der Waals surface area contributed by atoms with Gasteiger partial charge in [0.25, 0.3) is 0 Å². The van der Waals surface area contributed by atoms with E-state index < -0.39 is 11.4 Å². The van der Waals surface area contributed by atoms with Gasteiger partial charge in [0.15, 0.2) is 5.69 Å². The van der Waals surface area contributed by atoms with Crippen LogP contribution in [0.3, 0.4) is 0 Å². The molecule has 0 amide bonds. The second-order valence-electron chi connectivity index (χ2n) is 4.87. The summed E-state index contributed by atoms with van der Waals surface area (Å²) in [5.41, 5.74) is 0.0781. The van der Waals surface area contributed by atoms with Crippen molar-refractivity contribution in [3.8, 4) is 16.3 Å². The van der Waals surface area contributed by atoms with Gasteiger partial charge in [0.2, 0.25) is 0 Å². The molecular formula is C16H16ClNO5S. The van der Waals surface area contributed by atoms with Crippen LogP contribution in [0.5, 0.6) is 5.75 Å². The molecule has 1 aromatic heterocycles. The average Bonchev–Trinajstić information content (AvgIpc) is 3.04. The Morgan fingerprint density at radius 1 is 1.21 bits per heavy atom. The number of nitrogens with zero attached hydrogens (tertiary/aromatic N) is 1. The molecule has 0 atom stereocenters. The number of carboxylic acids is 1. The van der Waals surface area contributed by atoms with E-state index in [9.17, 15) is 9.59 Å². The largest absolute Gasteiger partial charge is 0.494 e. The van der Waals surface area contributed by atoms with Crippen molar-refractivity contribution in [2.24, 2.45) is 0 Å². The fourth-order valence-corrected chi connectivity index (χ4v) is 2.81. The zero-order valence-electron chi connectivity index (χ0n) is 12.7. The standard InChI is InChI=1S/C16H16ClNO5S/c17-16(21)23-8-3-1-2-7-22-12-6-4-5-11(9-12)14-18-13(10-24-14)15(19)20/h4-6,9-10H,1-3,7-8H2,(H,19,20). The Labute approximate surface area is 148 Å². The van der Waals surface area contributed by atoms with Gasteiger partial charge in [-0.15, -0.1) is 11.3 Å². The third-order valence-electron chi connectivity index (χ3n) is 3.08. The van der Waals surface area contributed by atoms with Crippen LogP contribution in [0.25, 0.3) is 10.6 Å². The van der Waals surface area contributed by atoms with Crippen LogP contribution in [0.1, 0.15) is 29.8 Å². The van der Waals surface area contributed by atoms with Gasteiger partial charge in [-0.3, -0.25) is 0 Å². The van der Waals surface area contributed by atoms with Crippen molar-refractivity contribution in [1.29, 1.82) is 0 Å². The molecule has 1 N–H and O–H groups in total. The number of aromatic nitrogens is 1. The molecule has 0 spiro atoms. The van der Waals surface area contributed by atoms with Crippen molar-refractivity contribution in [3.05, 3.63) is 35.3 Å². The third kappa shape index (κ3) is 5.82. The number of hydrogen-bond acceptors (Lipinski definition) is 6. The smallest absolute Gasteiger partial charge is 0.403 e. The molecule has 0 unspecified atom stereocenters. The van der Waals surface area contributed by atoms with Crippen LogP contribution in [0, 0.1) is 0 Å². The van der Waals surface area contributed by atoms with Crippen molar-refractivity contribution >= 4 is 34.3 Å². The van der Waals surface area contributed by atoms with Gasteiger partial charge in [-0.2, -0.15) is 0 Å². The van der Waals surface area contributed by atoms with Gasteiger partial charge in [0.05, 0.1) is 13.2 Å². The highest BCUT2D eigenvalue weighted by molar-refractivity contribution is 7.13. The van der Waals surface area contributed by atoms with E-state index in [0.717, 1.165) is 24.8 Å². The van der Waals surface area contributed by atoms with E-state index in [2.05, 4.69) is 9.72 Å². The number of carbonyl (C=O) groups is 2. The molecule has 1 aromatic carbocycles. The summed E-state index contributed by atoms with van der Waals surface area (Å²) in [4.78, 5) is 25.3. The summed E-state index contributed by atoms with van der Waals surface area (Å²) in [6.07, 6.45) is 2.42. The third-order valence-corrected chi connectivity index (χ3v) is 4.08. The maximum absolute atomic E-state index is 10.9. The van der Waals surface area contributed by atoms with Gasteiger partial charge in [-0.1, -0.05) is 12.1 Å². The number of aromatic carboxylic acids is 1. The maximum Gasteiger partial charge on any atom is 0.403 e. The summed E-state index contributed by atoms with van der Waals surface area (Å²) in [7, 11) is 0. The van der Waals surface area contributed by atoms with Gasteiger partial charge in [-0.05, 0) is 31.4 Å². The fourth-order valence-electron chi connectivity index (χ4n) is 1.95. The molecule has 0 radical (unpaired) electrons. The molecule has 1 heterocycles.